The number of benzene rings is 1. The van der Waals surface area contributed by atoms with Gasteiger partial charge in [-0.2, -0.15) is 0 Å². The van der Waals surface area contributed by atoms with E-state index >= 15 is 0 Å². The molecule has 0 saturated heterocycles. The molecule has 0 saturated carbocycles. The summed E-state index contributed by atoms with van der Waals surface area (Å²) in [4.78, 5) is 18.7. The van der Waals surface area contributed by atoms with E-state index < -0.39 is 7.60 Å². The highest BCUT2D eigenvalue weighted by Crippen LogP contribution is 2.40. The third kappa shape index (κ3) is 3.14. The molecule has 0 aliphatic carbocycles. The highest BCUT2D eigenvalue weighted by atomic mass is 31.2. The van der Waals surface area contributed by atoms with Gasteiger partial charge < -0.3 is 14.5 Å². The Hall–Kier alpha value is -0.830. The normalized spacial score (nSPS) is 12.3. The summed E-state index contributed by atoms with van der Waals surface area (Å²) in [7, 11) is -2.65. The number of ether oxygens (including phenoxy) is 1. The van der Waals surface area contributed by atoms with Gasteiger partial charge in [-0.15, -0.1) is 0 Å². The molecule has 1 rings (SSSR count). The summed E-state index contributed by atoms with van der Waals surface area (Å²) in [5.74, 6) is 1.02. The van der Waals surface area contributed by atoms with Crippen LogP contribution in [0.25, 0.3) is 0 Å². The van der Waals surface area contributed by atoms with E-state index in [1.165, 1.54) is 0 Å². The molecule has 1 aromatic rings. The Morgan fingerprint density at radius 3 is 1.67 bits per heavy atom. The van der Waals surface area contributed by atoms with Gasteiger partial charge in [0.1, 0.15) is 5.75 Å². The molecule has 0 spiro atoms. The van der Waals surface area contributed by atoms with E-state index in [2.05, 4.69) is 0 Å². The van der Waals surface area contributed by atoms with Gasteiger partial charge in [0.05, 0.1) is 12.4 Å². The van der Waals surface area contributed by atoms with Gasteiger partial charge in [-0.1, -0.05) is 27.7 Å². The molecule has 4 nitrogen and oxygen atoms in total. The molecule has 0 fully saturated rings. The molecule has 0 amide bonds. The van der Waals surface area contributed by atoms with Crippen LogP contribution in [-0.4, -0.2) is 16.9 Å². The van der Waals surface area contributed by atoms with Crippen LogP contribution in [0.2, 0.25) is 0 Å². The van der Waals surface area contributed by atoms with E-state index in [0.29, 0.717) is 0 Å². The minimum atomic E-state index is -4.24. The highest BCUT2D eigenvalue weighted by Gasteiger charge is 2.24. The summed E-state index contributed by atoms with van der Waals surface area (Å²) in [5, 5.41) is 0.0655. The van der Waals surface area contributed by atoms with Gasteiger partial charge in [0.25, 0.3) is 0 Å². The third-order valence-corrected chi connectivity index (χ3v) is 3.85. The minimum Gasteiger partial charge on any atom is -0.496 e. The first-order chi connectivity index (χ1) is 8.18. The standard InChI is InChI=1S/C13H21O4P/c1-8(2)11-6-10(18(14,15)16)7-12(9(3)4)13(11)17-5/h6-9H,1-5H3,(H2,14,15,16). The van der Waals surface area contributed by atoms with Crippen molar-refractivity contribution in [1.82, 2.24) is 0 Å². The fourth-order valence-electron chi connectivity index (χ4n) is 1.92. The zero-order valence-corrected chi connectivity index (χ0v) is 12.4. The molecule has 0 aliphatic rings. The fraction of sp³-hybridized carbons (Fsp3) is 0.538. The summed E-state index contributed by atoms with van der Waals surface area (Å²) in [6, 6.07) is 3.10. The van der Waals surface area contributed by atoms with Gasteiger partial charge in [-0.05, 0) is 35.1 Å². The second-order valence-electron chi connectivity index (χ2n) is 5.01. The molecule has 18 heavy (non-hydrogen) atoms. The zero-order chi connectivity index (χ0) is 14.1. The summed E-state index contributed by atoms with van der Waals surface area (Å²) in [5.41, 5.74) is 1.67. The van der Waals surface area contributed by atoms with E-state index in [4.69, 9.17) is 4.74 Å². The van der Waals surface area contributed by atoms with Crippen LogP contribution in [-0.2, 0) is 4.57 Å². The molecule has 0 atom stereocenters. The Kier molecular flexibility index (Phi) is 4.60. The van der Waals surface area contributed by atoms with Gasteiger partial charge in [0.15, 0.2) is 0 Å². The predicted molar refractivity (Wildman–Crippen MR) is 72.9 cm³/mol. The molecule has 1 aromatic carbocycles. The Morgan fingerprint density at radius 1 is 1.06 bits per heavy atom. The average Bonchev–Trinajstić information content (AvgIpc) is 2.25. The first-order valence-corrected chi connectivity index (χ1v) is 7.57. The van der Waals surface area contributed by atoms with Crippen molar-refractivity contribution < 1.29 is 19.1 Å². The SMILES string of the molecule is COc1c(C(C)C)cc(P(=O)(O)O)cc1C(C)C. The van der Waals surface area contributed by atoms with E-state index in [9.17, 15) is 14.4 Å². The minimum absolute atomic E-state index is 0.0655. The number of methoxy groups -OCH3 is 1. The van der Waals surface area contributed by atoms with Crippen LogP contribution < -0.4 is 10.0 Å². The van der Waals surface area contributed by atoms with Crippen LogP contribution in [0.3, 0.4) is 0 Å². The molecular weight excluding hydrogens is 251 g/mol. The highest BCUT2D eigenvalue weighted by molar-refractivity contribution is 7.60. The lowest BCUT2D eigenvalue weighted by Crippen LogP contribution is -2.11. The van der Waals surface area contributed by atoms with Crippen LogP contribution in [0, 0.1) is 0 Å². The zero-order valence-electron chi connectivity index (χ0n) is 11.5. The van der Waals surface area contributed by atoms with Crippen LogP contribution in [0.15, 0.2) is 12.1 Å². The second-order valence-corrected chi connectivity index (χ2v) is 6.62. The first-order valence-electron chi connectivity index (χ1n) is 5.96. The monoisotopic (exact) mass is 272 g/mol. The third-order valence-electron chi connectivity index (χ3n) is 2.92. The number of rotatable bonds is 4. The van der Waals surface area contributed by atoms with Crippen LogP contribution in [0.1, 0.15) is 50.7 Å². The van der Waals surface area contributed by atoms with Crippen LogP contribution in [0.4, 0.5) is 0 Å². The van der Waals surface area contributed by atoms with E-state index in [0.717, 1.165) is 16.9 Å². The smallest absolute Gasteiger partial charge is 0.356 e. The lowest BCUT2D eigenvalue weighted by Gasteiger charge is -2.20. The van der Waals surface area contributed by atoms with E-state index in [1.807, 2.05) is 27.7 Å². The van der Waals surface area contributed by atoms with Gasteiger partial charge in [-0.25, -0.2) is 0 Å². The van der Waals surface area contributed by atoms with E-state index in [1.54, 1.807) is 19.2 Å². The lowest BCUT2D eigenvalue weighted by atomic mass is 9.94. The van der Waals surface area contributed by atoms with Crippen molar-refractivity contribution in [1.29, 1.82) is 0 Å². The first kappa shape index (κ1) is 15.2. The van der Waals surface area contributed by atoms with Gasteiger partial charge in [0.2, 0.25) is 0 Å². The molecule has 0 bridgehead atoms. The molecule has 0 unspecified atom stereocenters. The number of hydrogen-bond acceptors (Lipinski definition) is 2. The quantitative estimate of drug-likeness (QED) is 0.827. The van der Waals surface area contributed by atoms with Crippen molar-refractivity contribution in [2.24, 2.45) is 0 Å². The fourth-order valence-corrected chi connectivity index (χ4v) is 2.53. The molecule has 0 aromatic heterocycles. The van der Waals surface area contributed by atoms with Crippen molar-refractivity contribution in [3.63, 3.8) is 0 Å². The topological polar surface area (TPSA) is 66.8 Å². The van der Waals surface area contributed by atoms with Gasteiger partial charge >= 0.3 is 7.60 Å². The van der Waals surface area contributed by atoms with E-state index in [-0.39, 0.29) is 17.1 Å². The Balaban J connectivity index is 3.59. The summed E-state index contributed by atoms with van der Waals surface area (Å²) >= 11 is 0. The maximum Gasteiger partial charge on any atom is 0.356 e. The van der Waals surface area contributed by atoms with Crippen molar-refractivity contribution in [2.45, 2.75) is 39.5 Å². The molecule has 2 N–H and O–H groups in total. The molecule has 102 valence electrons. The van der Waals surface area contributed by atoms with Crippen LogP contribution >= 0.6 is 7.60 Å². The molecule has 0 aliphatic heterocycles. The Bertz CT molecular complexity index is 445. The molecule has 0 heterocycles. The predicted octanol–water partition coefficient (Wildman–Crippen LogP) is 2.75. The Morgan fingerprint density at radius 2 is 1.44 bits per heavy atom. The van der Waals surface area contributed by atoms with Gasteiger partial charge in [0, 0.05) is 0 Å². The summed E-state index contributed by atoms with van der Waals surface area (Å²) in [6.45, 7) is 7.91. The van der Waals surface area contributed by atoms with Crippen molar-refractivity contribution in [2.75, 3.05) is 7.11 Å². The van der Waals surface area contributed by atoms with Crippen molar-refractivity contribution >= 4 is 12.9 Å². The number of hydrogen-bond donors (Lipinski definition) is 2. The summed E-state index contributed by atoms with van der Waals surface area (Å²) in [6.07, 6.45) is 0. The molecule has 0 radical (unpaired) electrons. The van der Waals surface area contributed by atoms with Crippen LogP contribution in [0.5, 0.6) is 5.75 Å². The maximum atomic E-state index is 11.4. The molecular formula is C13H21O4P. The molecule has 5 heteroatoms. The maximum absolute atomic E-state index is 11.4. The lowest BCUT2D eigenvalue weighted by molar-refractivity contribution is 0.386. The Labute approximate surface area is 108 Å². The summed E-state index contributed by atoms with van der Waals surface area (Å²) < 4.78 is 16.8. The van der Waals surface area contributed by atoms with Crippen molar-refractivity contribution in [3.8, 4) is 5.75 Å². The van der Waals surface area contributed by atoms with Gasteiger partial charge in [-0.3, -0.25) is 4.57 Å². The average molecular weight is 272 g/mol. The van der Waals surface area contributed by atoms with Crippen molar-refractivity contribution in [3.05, 3.63) is 23.3 Å². The second kappa shape index (κ2) is 5.43. The largest absolute Gasteiger partial charge is 0.496 e.